The second kappa shape index (κ2) is 6.38. The Morgan fingerprint density at radius 3 is 2.53 bits per heavy atom. The summed E-state index contributed by atoms with van der Waals surface area (Å²) >= 11 is 1.48. The highest BCUT2D eigenvalue weighted by Gasteiger charge is 2.15. The van der Waals surface area contributed by atoms with E-state index in [9.17, 15) is 4.79 Å². The lowest BCUT2D eigenvalue weighted by atomic mass is 10.2. The first-order valence-electron chi connectivity index (χ1n) is 6.20. The Kier molecular flexibility index (Phi) is 4.58. The third kappa shape index (κ3) is 3.35. The molecule has 0 radical (unpaired) electrons. The number of methoxy groups -OCH3 is 1. The molecule has 1 amide bonds. The van der Waals surface area contributed by atoms with Crippen molar-refractivity contribution < 1.29 is 9.53 Å². The Hall–Kier alpha value is -1.81. The molecule has 2 aromatic rings. The maximum absolute atomic E-state index is 12.3. The SMILES string of the molecule is CCN(Cc1ccc(OC)cc1)C(=O)c1cccs1. The van der Waals surface area contributed by atoms with E-state index in [1.54, 1.807) is 7.11 Å². The average molecular weight is 275 g/mol. The number of amides is 1. The molecule has 1 heterocycles. The molecule has 0 N–H and O–H groups in total. The molecule has 0 aliphatic carbocycles. The molecule has 0 aliphatic heterocycles. The molecule has 3 nitrogen and oxygen atoms in total. The van der Waals surface area contributed by atoms with Crippen LogP contribution in [0.1, 0.15) is 22.2 Å². The minimum Gasteiger partial charge on any atom is -0.497 e. The average Bonchev–Trinajstić information content (AvgIpc) is 2.99. The smallest absolute Gasteiger partial charge is 0.264 e. The van der Waals surface area contributed by atoms with Gasteiger partial charge in [0.05, 0.1) is 12.0 Å². The Morgan fingerprint density at radius 1 is 1.26 bits per heavy atom. The zero-order valence-corrected chi connectivity index (χ0v) is 11.9. The largest absolute Gasteiger partial charge is 0.497 e. The normalized spacial score (nSPS) is 10.2. The van der Waals surface area contributed by atoms with Crippen LogP contribution in [0.15, 0.2) is 41.8 Å². The van der Waals surface area contributed by atoms with Crippen LogP contribution in [0, 0.1) is 0 Å². The zero-order valence-electron chi connectivity index (χ0n) is 11.1. The number of rotatable bonds is 5. The van der Waals surface area contributed by atoms with Crippen LogP contribution >= 0.6 is 11.3 Å². The second-order valence-electron chi connectivity index (χ2n) is 4.14. The lowest BCUT2D eigenvalue weighted by Gasteiger charge is -2.20. The summed E-state index contributed by atoms with van der Waals surface area (Å²) in [7, 11) is 1.65. The van der Waals surface area contributed by atoms with Crippen LogP contribution in [0.3, 0.4) is 0 Å². The molecule has 100 valence electrons. The van der Waals surface area contributed by atoms with Crippen LogP contribution in [0.2, 0.25) is 0 Å². The predicted molar refractivity (Wildman–Crippen MR) is 77.7 cm³/mol. The molecule has 1 aromatic heterocycles. The highest BCUT2D eigenvalue weighted by Crippen LogP contribution is 2.16. The van der Waals surface area contributed by atoms with Gasteiger partial charge in [0.25, 0.3) is 5.91 Å². The molecule has 2 rings (SSSR count). The predicted octanol–water partition coefficient (Wildman–Crippen LogP) is 3.42. The van der Waals surface area contributed by atoms with Gasteiger partial charge in [-0.15, -0.1) is 11.3 Å². The number of benzene rings is 1. The van der Waals surface area contributed by atoms with Crippen LogP contribution in [-0.2, 0) is 6.54 Å². The highest BCUT2D eigenvalue weighted by atomic mass is 32.1. The number of thiophene rings is 1. The van der Waals surface area contributed by atoms with E-state index in [4.69, 9.17) is 4.74 Å². The maximum atomic E-state index is 12.3. The molecule has 0 saturated heterocycles. The first-order valence-corrected chi connectivity index (χ1v) is 7.08. The molecule has 19 heavy (non-hydrogen) atoms. The number of hydrogen-bond acceptors (Lipinski definition) is 3. The number of carbonyl (C=O) groups excluding carboxylic acids is 1. The van der Waals surface area contributed by atoms with Gasteiger partial charge in [0.1, 0.15) is 5.75 Å². The van der Waals surface area contributed by atoms with Crippen molar-refractivity contribution >= 4 is 17.2 Å². The molecular formula is C15H17NO2S. The van der Waals surface area contributed by atoms with Crippen molar-refractivity contribution in [2.24, 2.45) is 0 Å². The summed E-state index contributed by atoms with van der Waals surface area (Å²) in [4.78, 5) is 14.9. The summed E-state index contributed by atoms with van der Waals surface area (Å²) in [6.45, 7) is 3.31. The lowest BCUT2D eigenvalue weighted by molar-refractivity contribution is 0.0757. The Balaban J connectivity index is 2.08. The molecule has 0 bridgehead atoms. The third-order valence-electron chi connectivity index (χ3n) is 2.93. The van der Waals surface area contributed by atoms with Gasteiger partial charge in [-0.1, -0.05) is 18.2 Å². The van der Waals surface area contributed by atoms with E-state index in [1.807, 2.05) is 53.6 Å². The first kappa shape index (κ1) is 13.6. The van der Waals surface area contributed by atoms with Crippen LogP contribution < -0.4 is 4.74 Å². The van der Waals surface area contributed by atoms with Gasteiger partial charge in [0, 0.05) is 13.1 Å². The van der Waals surface area contributed by atoms with E-state index in [-0.39, 0.29) is 5.91 Å². The van der Waals surface area contributed by atoms with Crippen molar-refractivity contribution in [3.8, 4) is 5.75 Å². The van der Waals surface area contributed by atoms with E-state index in [0.29, 0.717) is 13.1 Å². The second-order valence-corrected chi connectivity index (χ2v) is 5.09. The van der Waals surface area contributed by atoms with Crippen LogP contribution in [-0.4, -0.2) is 24.5 Å². The molecule has 0 saturated carbocycles. The monoisotopic (exact) mass is 275 g/mol. The third-order valence-corrected chi connectivity index (χ3v) is 3.79. The Morgan fingerprint density at radius 2 is 2.00 bits per heavy atom. The molecule has 0 unspecified atom stereocenters. The van der Waals surface area contributed by atoms with Crippen molar-refractivity contribution in [3.05, 3.63) is 52.2 Å². The van der Waals surface area contributed by atoms with Gasteiger partial charge in [-0.05, 0) is 36.1 Å². The quantitative estimate of drug-likeness (QED) is 0.836. The van der Waals surface area contributed by atoms with Crippen LogP contribution in [0.5, 0.6) is 5.75 Å². The number of nitrogens with zero attached hydrogens (tertiary/aromatic N) is 1. The molecule has 4 heteroatoms. The van der Waals surface area contributed by atoms with Crippen molar-refractivity contribution in [2.75, 3.05) is 13.7 Å². The van der Waals surface area contributed by atoms with Gasteiger partial charge in [0.15, 0.2) is 0 Å². The number of ether oxygens (including phenoxy) is 1. The fourth-order valence-electron chi connectivity index (χ4n) is 1.83. The molecule has 0 atom stereocenters. The molecule has 0 spiro atoms. The molecule has 0 aliphatic rings. The Labute approximate surface area is 117 Å². The van der Waals surface area contributed by atoms with Gasteiger partial charge >= 0.3 is 0 Å². The molecular weight excluding hydrogens is 258 g/mol. The first-order chi connectivity index (χ1) is 9.24. The van der Waals surface area contributed by atoms with Gasteiger partial charge in [0.2, 0.25) is 0 Å². The fourth-order valence-corrected chi connectivity index (χ4v) is 2.53. The zero-order chi connectivity index (χ0) is 13.7. The standard InChI is InChI=1S/C15H17NO2S/c1-3-16(15(17)14-5-4-10-19-14)11-12-6-8-13(18-2)9-7-12/h4-10H,3,11H2,1-2H3. The molecule has 0 fully saturated rings. The van der Waals surface area contributed by atoms with Gasteiger partial charge in [-0.3, -0.25) is 4.79 Å². The van der Waals surface area contributed by atoms with Gasteiger partial charge in [-0.2, -0.15) is 0 Å². The molecule has 1 aromatic carbocycles. The van der Waals surface area contributed by atoms with Gasteiger partial charge in [-0.25, -0.2) is 0 Å². The minimum atomic E-state index is 0.0910. The van der Waals surface area contributed by atoms with E-state index in [2.05, 4.69) is 0 Å². The van der Waals surface area contributed by atoms with Crippen molar-refractivity contribution in [1.29, 1.82) is 0 Å². The van der Waals surface area contributed by atoms with Crippen molar-refractivity contribution in [1.82, 2.24) is 4.90 Å². The summed E-state index contributed by atoms with van der Waals surface area (Å²) in [6, 6.07) is 11.6. The number of carbonyl (C=O) groups is 1. The van der Waals surface area contributed by atoms with Gasteiger partial charge < -0.3 is 9.64 Å². The summed E-state index contributed by atoms with van der Waals surface area (Å²) in [5, 5.41) is 1.93. The van der Waals surface area contributed by atoms with E-state index in [0.717, 1.165) is 16.2 Å². The summed E-state index contributed by atoms with van der Waals surface area (Å²) in [5.74, 6) is 0.921. The minimum absolute atomic E-state index is 0.0910. The van der Waals surface area contributed by atoms with E-state index in [1.165, 1.54) is 11.3 Å². The van der Waals surface area contributed by atoms with Crippen molar-refractivity contribution in [2.45, 2.75) is 13.5 Å². The summed E-state index contributed by atoms with van der Waals surface area (Å²) in [6.07, 6.45) is 0. The topological polar surface area (TPSA) is 29.5 Å². The fraction of sp³-hybridized carbons (Fsp3) is 0.267. The van der Waals surface area contributed by atoms with Crippen molar-refractivity contribution in [3.63, 3.8) is 0 Å². The maximum Gasteiger partial charge on any atom is 0.264 e. The lowest BCUT2D eigenvalue weighted by Crippen LogP contribution is -2.29. The Bertz CT molecular complexity index is 520. The summed E-state index contributed by atoms with van der Waals surface area (Å²) < 4.78 is 5.13. The van der Waals surface area contributed by atoms with Crippen LogP contribution in [0.25, 0.3) is 0 Å². The van der Waals surface area contributed by atoms with Crippen LogP contribution in [0.4, 0.5) is 0 Å². The summed E-state index contributed by atoms with van der Waals surface area (Å²) in [5.41, 5.74) is 1.10. The number of hydrogen-bond donors (Lipinski definition) is 0. The highest BCUT2D eigenvalue weighted by molar-refractivity contribution is 7.12. The van der Waals surface area contributed by atoms with E-state index >= 15 is 0 Å². The van der Waals surface area contributed by atoms with E-state index < -0.39 is 0 Å².